The zero-order valence-electron chi connectivity index (χ0n) is 17.0. The Morgan fingerprint density at radius 2 is 0.710 bits per heavy atom. The molecule has 0 amide bonds. The van der Waals surface area contributed by atoms with Crippen LogP contribution in [0.1, 0.15) is 0 Å². The molecule has 144 valence electrons. The minimum atomic E-state index is 1.24. The van der Waals surface area contributed by atoms with E-state index in [1.807, 2.05) is 6.20 Å². The van der Waals surface area contributed by atoms with E-state index in [0.29, 0.717) is 0 Å². The topological polar surface area (TPSA) is 4.93 Å². The van der Waals surface area contributed by atoms with Crippen molar-refractivity contribution in [2.75, 3.05) is 0 Å². The molecule has 0 aliphatic heterocycles. The second-order valence-electron chi connectivity index (χ2n) is 8.18. The number of benzene rings is 6. The Morgan fingerprint density at radius 1 is 0.419 bits per heavy atom. The predicted octanol–water partition coefficient (Wildman–Crippen LogP) is 8.51. The van der Waals surface area contributed by atoms with Gasteiger partial charge >= 0.3 is 0 Å². The van der Waals surface area contributed by atoms with E-state index in [4.69, 9.17) is 0 Å². The maximum absolute atomic E-state index is 4.24. The molecule has 0 spiro atoms. The van der Waals surface area contributed by atoms with Crippen LogP contribution < -0.4 is 0 Å². The fourth-order valence-electron chi connectivity index (χ4n) is 5.55. The van der Waals surface area contributed by atoms with Gasteiger partial charge in [0.15, 0.2) is 0 Å². The molecule has 6 aromatic carbocycles. The van der Waals surface area contributed by atoms with Crippen LogP contribution in [0, 0.1) is 0 Å². The van der Waals surface area contributed by atoms with Gasteiger partial charge in [0.2, 0.25) is 0 Å². The van der Waals surface area contributed by atoms with Crippen LogP contribution in [0.4, 0.5) is 0 Å². The van der Waals surface area contributed by atoms with Crippen molar-refractivity contribution in [2.45, 2.75) is 0 Å². The molecule has 0 aliphatic carbocycles. The van der Waals surface area contributed by atoms with Crippen molar-refractivity contribution in [2.24, 2.45) is 0 Å². The van der Waals surface area contributed by atoms with Gasteiger partial charge in [-0.3, -0.25) is 0 Å². The summed E-state index contributed by atoms with van der Waals surface area (Å²) in [5.74, 6) is 0. The minimum Gasteiger partial charge on any atom is -0.315 e. The van der Waals surface area contributed by atoms with Gasteiger partial charge in [0.25, 0.3) is 0 Å². The highest BCUT2D eigenvalue weighted by atomic mass is 15.0. The third kappa shape index (κ3) is 2.00. The van der Waals surface area contributed by atoms with E-state index in [1.165, 1.54) is 64.9 Å². The standard InChI is InChI=1S/C30H19N/c1-2-31-29-25-17-9-5-13-21(25)19-11-3-7-15-23(19)27(29)28-24-16-8-4-12-20(24)22-14-6-10-18-26(22)30(28)31/h2-18H,1H2. The van der Waals surface area contributed by atoms with Gasteiger partial charge in [0.05, 0.1) is 11.0 Å². The number of hydrogen-bond donors (Lipinski definition) is 0. The average molecular weight is 393 g/mol. The molecular weight excluding hydrogens is 374 g/mol. The van der Waals surface area contributed by atoms with E-state index in [0.717, 1.165) is 0 Å². The summed E-state index contributed by atoms with van der Waals surface area (Å²) in [7, 11) is 0. The van der Waals surface area contributed by atoms with E-state index in [1.54, 1.807) is 0 Å². The summed E-state index contributed by atoms with van der Waals surface area (Å²) in [5, 5.41) is 12.9. The fourth-order valence-corrected chi connectivity index (χ4v) is 5.55. The smallest absolute Gasteiger partial charge is 0.0620 e. The van der Waals surface area contributed by atoms with E-state index in [-0.39, 0.29) is 0 Å². The van der Waals surface area contributed by atoms with Crippen molar-refractivity contribution >= 4 is 71.1 Å². The molecule has 7 rings (SSSR count). The Labute approximate surface area is 179 Å². The van der Waals surface area contributed by atoms with Crippen molar-refractivity contribution in [1.29, 1.82) is 0 Å². The first kappa shape index (κ1) is 16.7. The Bertz CT molecular complexity index is 1720. The van der Waals surface area contributed by atoms with Gasteiger partial charge in [-0.05, 0) is 32.3 Å². The molecule has 0 atom stereocenters. The van der Waals surface area contributed by atoms with E-state index in [2.05, 4.69) is 108 Å². The highest BCUT2D eigenvalue weighted by Crippen LogP contribution is 2.46. The first-order valence-corrected chi connectivity index (χ1v) is 10.7. The molecule has 1 heterocycles. The van der Waals surface area contributed by atoms with Crippen LogP contribution >= 0.6 is 0 Å². The molecule has 31 heavy (non-hydrogen) atoms. The molecule has 1 nitrogen and oxygen atoms in total. The van der Waals surface area contributed by atoms with Crippen LogP contribution in [0.15, 0.2) is 104 Å². The van der Waals surface area contributed by atoms with Crippen LogP contribution in [-0.4, -0.2) is 4.57 Å². The summed E-state index contributed by atoms with van der Waals surface area (Å²) in [4.78, 5) is 0. The lowest BCUT2D eigenvalue weighted by Gasteiger charge is -2.09. The predicted molar refractivity (Wildman–Crippen MR) is 136 cm³/mol. The molecule has 0 unspecified atom stereocenters. The third-order valence-corrected chi connectivity index (χ3v) is 6.73. The molecule has 0 radical (unpaired) electrons. The molecule has 0 bridgehead atoms. The second kappa shape index (κ2) is 5.96. The van der Waals surface area contributed by atoms with Gasteiger partial charge in [-0.25, -0.2) is 0 Å². The lowest BCUT2D eigenvalue weighted by molar-refractivity contribution is 1.32. The SMILES string of the molecule is C=Cn1c2c3ccccc3c3ccccc3c2c2c3ccccc3c3ccccc3c21. The number of hydrogen-bond acceptors (Lipinski definition) is 0. The van der Waals surface area contributed by atoms with Gasteiger partial charge in [-0.1, -0.05) is 104 Å². The van der Waals surface area contributed by atoms with Crippen LogP contribution in [0.25, 0.3) is 71.1 Å². The molecule has 0 N–H and O–H groups in total. The van der Waals surface area contributed by atoms with Crippen LogP contribution in [-0.2, 0) is 0 Å². The Kier molecular flexibility index (Phi) is 3.21. The van der Waals surface area contributed by atoms with Crippen LogP contribution in [0.5, 0.6) is 0 Å². The zero-order valence-corrected chi connectivity index (χ0v) is 17.0. The Morgan fingerprint density at radius 3 is 1.06 bits per heavy atom. The zero-order chi connectivity index (χ0) is 20.5. The average Bonchev–Trinajstić information content (AvgIpc) is 3.20. The maximum atomic E-state index is 4.24. The van der Waals surface area contributed by atoms with E-state index >= 15 is 0 Å². The van der Waals surface area contributed by atoms with Gasteiger partial charge < -0.3 is 4.57 Å². The molecule has 0 fully saturated rings. The van der Waals surface area contributed by atoms with Crippen molar-refractivity contribution in [3.63, 3.8) is 0 Å². The number of nitrogens with zero attached hydrogens (tertiary/aromatic N) is 1. The van der Waals surface area contributed by atoms with Gasteiger partial charge in [0, 0.05) is 27.7 Å². The summed E-state index contributed by atoms with van der Waals surface area (Å²) >= 11 is 0. The summed E-state index contributed by atoms with van der Waals surface area (Å²) in [6, 6.07) is 35.1. The molecule has 7 aromatic rings. The summed E-state index contributed by atoms with van der Waals surface area (Å²) in [6.45, 7) is 4.24. The van der Waals surface area contributed by atoms with Gasteiger partial charge in [0.1, 0.15) is 0 Å². The lowest BCUT2D eigenvalue weighted by Crippen LogP contribution is -1.89. The van der Waals surface area contributed by atoms with E-state index in [9.17, 15) is 0 Å². The first-order chi connectivity index (χ1) is 15.4. The minimum absolute atomic E-state index is 1.24. The second-order valence-corrected chi connectivity index (χ2v) is 8.18. The van der Waals surface area contributed by atoms with E-state index < -0.39 is 0 Å². The molecule has 1 heteroatoms. The highest BCUT2D eigenvalue weighted by molar-refractivity contribution is 6.40. The van der Waals surface area contributed by atoms with Crippen molar-refractivity contribution in [3.8, 4) is 0 Å². The molecular formula is C30H19N. The van der Waals surface area contributed by atoms with Crippen molar-refractivity contribution < 1.29 is 0 Å². The van der Waals surface area contributed by atoms with Crippen LogP contribution in [0.2, 0.25) is 0 Å². The summed E-state index contributed by atoms with van der Waals surface area (Å²) in [5.41, 5.74) is 2.47. The number of aromatic nitrogens is 1. The lowest BCUT2D eigenvalue weighted by atomic mass is 9.93. The molecule has 1 aromatic heterocycles. The van der Waals surface area contributed by atoms with Gasteiger partial charge in [-0.15, -0.1) is 0 Å². The molecule has 0 saturated heterocycles. The van der Waals surface area contributed by atoms with Crippen molar-refractivity contribution in [3.05, 3.63) is 104 Å². The molecule has 0 aliphatic rings. The van der Waals surface area contributed by atoms with Crippen LogP contribution in [0.3, 0.4) is 0 Å². The quantitative estimate of drug-likeness (QED) is 0.246. The summed E-state index contributed by atoms with van der Waals surface area (Å²) < 4.78 is 2.31. The number of fused-ring (bicyclic) bond motifs is 13. The first-order valence-electron chi connectivity index (χ1n) is 10.7. The maximum Gasteiger partial charge on any atom is 0.0620 e. The summed E-state index contributed by atoms with van der Waals surface area (Å²) in [6.07, 6.45) is 1.98. The normalized spacial score (nSPS) is 12.0. The Balaban J connectivity index is 1.99. The largest absolute Gasteiger partial charge is 0.315 e. The highest BCUT2D eigenvalue weighted by Gasteiger charge is 2.20. The third-order valence-electron chi connectivity index (χ3n) is 6.73. The monoisotopic (exact) mass is 393 g/mol. The van der Waals surface area contributed by atoms with Gasteiger partial charge in [-0.2, -0.15) is 0 Å². The number of rotatable bonds is 1. The fraction of sp³-hybridized carbons (Fsp3) is 0. The van der Waals surface area contributed by atoms with Crippen molar-refractivity contribution in [1.82, 2.24) is 4.57 Å². The molecule has 0 saturated carbocycles. The Hall–Kier alpha value is -4.10.